The van der Waals surface area contributed by atoms with E-state index in [0.717, 1.165) is 21.9 Å². The maximum absolute atomic E-state index is 6.27. The molecule has 0 aliphatic heterocycles. The average molecular weight is 497 g/mol. The summed E-state index contributed by atoms with van der Waals surface area (Å²) in [5.74, 6) is 0. The van der Waals surface area contributed by atoms with Gasteiger partial charge in [0, 0.05) is 10.8 Å². The summed E-state index contributed by atoms with van der Waals surface area (Å²) in [6.07, 6.45) is 0. The summed E-state index contributed by atoms with van der Waals surface area (Å²) >= 11 is 0. The highest BCUT2D eigenvalue weighted by Crippen LogP contribution is 2.47. The molecule has 182 valence electrons. The summed E-state index contributed by atoms with van der Waals surface area (Å²) in [5, 5.41) is 7.35. The van der Waals surface area contributed by atoms with Crippen LogP contribution in [-0.4, -0.2) is 0 Å². The van der Waals surface area contributed by atoms with Crippen LogP contribution in [0.2, 0.25) is 0 Å². The smallest absolute Gasteiger partial charge is 0.136 e. The quantitative estimate of drug-likeness (QED) is 0.222. The first-order chi connectivity index (χ1) is 19.4. The number of para-hydroxylation sites is 1. The summed E-state index contributed by atoms with van der Waals surface area (Å²) in [4.78, 5) is 0. The Morgan fingerprint density at radius 3 is 1.49 bits per heavy atom. The van der Waals surface area contributed by atoms with Crippen LogP contribution in [0, 0.1) is 0 Å². The Bertz CT molecular complexity index is 2110. The molecule has 0 aliphatic rings. The van der Waals surface area contributed by atoms with E-state index in [1.165, 1.54) is 54.9 Å². The fourth-order valence-corrected chi connectivity index (χ4v) is 6.27. The van der Waals surface area contributed by atoms with Crippen LogP contribution in [0.25, 0.3) is 76.9 Å². The number of furan rings is 1. The van der Waals surface area contributed by atoms with Crippen molar-refractivity contribution in [1.29, 1.82) is 0 Å². The molecule has 1 heterocycles. The normalized spacial score (nSPS) is 11.6. The van der Waals surface area contributed by atoms with E-state index in [4.69, 9.17) is 4.42 Å². The predicted octanol–water partition coefficient (Wildman–Crippen LogP) is 10.9. The molecule has 0 saturated heterocycles. The lowest BCUT2D eigenvalue weighted by Crippen LogP contribution is -1.92. The maximum atomic E-state index is 6.27. The lowest BCUT2D eigenvalue weighted by Gasteiger charge is -2.20. The first kappa shape index (κ1) is 21.9. The molecule has 1 heteroatoms. The molecular formula is C38H24O. The van der Waals surface area contributed by atoms with Crippen molar-refractivity contribution in [3.8, 4) is 33.4 Å². The molecule has 0 saturated carbocycles. The van der Waals surface area contributed by atoms with Crippen molar-refractivity contribution >= 4 is 43.5 Å². The summed E-state index contributed by atoms with van der Waals surface area (Å²) in [7, 11) is 0. The first-order valence-corrected chi connectivity index (χ1v) is 13.4. The van der Waals surface area contributed by atoms with Crippen molar-refractivity contribution < 1.29 is 4.42 Å². The fraction of sp³-hybridized carbons (Fsp3) is 0. The Morgan fingerprint density at radius 2 is 0.795 bits per heavy atom. The van der Waals surface area contributed by atoms with Gasteiger partial charge in [-0.2, -0.15) is 0 Å². The number of hydrogen-bond donors (Lipinski definition) is 0. The zero-order chi connectivity index (χ0) is 25.8. The van der Waals surface area contributed by atoms with Gasteiger partial charge in [0.05, 0.1) is 0 Å². The first-order valence-electron chi connectivity index (χ1n) is 13.4. The summed E-state index contributed by atoms with van der Waals surface area (Å²) in [5.41, 5.74) is 9.23. The molecule has 7 aromatic carbocycles. The van der Waals surface area contributed by atoms with Crippen molar-refractivity contribution in [2.75, 3.05) is 0 Å². The van der Waals surface area contributed by atoms with Crippen LogP contribution >= 0.6 is 0 Å². The summed E-state index contributed by atoms with van der Waals surface area (Å²) < 4.78 is 6.27. The Kier molecular flexibility index (Phi) is 4.89. The molecule has 0 aliphatic carbocycles. The van der Waals surface area contributed by atoms with Crippen molar-refractivity contribution in [2.45, 2.75) is 0 Å². The van der Waals surface area contributed by atoms with E-state index in [1.54, 1.807) is 0 Å². The highest BCUT2D eigenvalue weighted by molar-refractivity contribution is 6.23. The zero-order valence-electron chi connectivity index (χ0n) is 21.3. The van der Waals surface area contributed by atoms with Gasteiger partial charge in [0.25, 0.3) is 0 Å². The molecule has 8 rings (SSSR count). The SMILES string of the molecule is c1ccc(-c2c3ccccc3c(-c3ccccc3-c3cccc4oc5ccccc5c34)c3ccccc23)cc1. The molecular weight excluding hydrogens is 472 g/mol. The van der Waals surface area contributed by atoms with Crippen LogP contribution in [0.3, 0.4) is 0 Å². The second kappa shape index (κ2) is 8.72. The lowest BCUT2D eigenvalue weighted by atomic mass is 9.83. The van der Waals surface area contributed by atoms with E-state index in [1.807, 2.05) is 12.1 Å². The van der Waals surface area contributed by atoms with E-state index in [0.29, 0.717) is 0 Å². The number of rotatable bonds is 3. The number of fused-ring (bicyclic) bond motifs is 5. The minimum absolute atomic E-state index is 0.914. The van der Waals surface area contributed by atoms with Crippen LogP contribution in [0.4, 0.5) is 0 Å². The van der Waals surface area contributed by atoms with Crippen molar-refractivity contribution in [2.24, 2.45) is 0 Å². The highest BCUT2D eigenvalue weighted by atomic mass is 16.3. The van der Waals surface area contributed by atoms with E-state index < -0.39 is 0 Å². The Morgan fingerprint density at radius 1 is 0.308 bits per heavy atom. The third-order valence-corrected chi connectivity index (χ3v) is 7.88. The van der Waals surface area contributed by atoms with Crippen LogP contribution in [0.1, 0.15) is 0 Å². The predicted molar refractivity (Wildman–Crippen MR) is 165 cm³/mol. The highest BCUT2D eigenvalue weighted by Gasteiger charge is 2.20. The fourth-order valence-electron chi connectivity index (χ4n) is 6.27. The minimum atomic E-state index is 0.914. The van der Waals surface area contributed by atoms with Gasteiger partial charge in [-0.15, -0.1) is 0 Å². The Balaban J connectivity index is 1.51. The van der Waals surface area contributed by atoms with Gasteiger partial charge in [-0.25, -0.2) is 0 Å². The molecule has 0 spiro atoms. The molecule has 0 fully saturated rings. The topological polar surface area (TPSA) is 13.1 Å². The maximum Gasteiger partial charge on any atom is 0.136 e. The van der Waals surface area contributed by atoms with Gasteiger partial charge < -0.3 is 4.42 Å². The lowest BCUT2D eigenvalue weighted by molar-refractivity contribution is 0.669. The van der Waals surface area contributed by atoms with E-state index in [-0.39, 0.29) is 0 Å². The molecule has 0 unspecified atom stereocenters. The van der Waals surface area contributed by atoms with Crippen LogP contribution in [-0.2, 0) is 0 Å². The third kappa shape index (κ3) is 3.34. The van der Waals surface area contributed by atoms with Gasteiger partial charge in [-0.1, -0.05) is 133 Å². The van der Waals surface area contributed by atoms with Crippen LogP contribution < -0.4 is 0 Å². The van der Waals surface area contributed by atoms with Gasteiger partial charge in [-0.05, 0) is 67.1 Å². The largest absolute Gasteiger partial charge is 0.456 e. The minimum Gasteiger partial charge on any atom is -0.456 e. The van der Waals surface area contributed by atoms with E-state index >= 15 is 0 Å². The van der Waals surface area contributed by atoms with Gasteiger partial charge >= 0.3 is 0 Å². The molecule has 0 amide bonds. The molecule has 0 N–H and O–H groups in total. The zero-order valence-corrected chi connectivity index (χ0v) is 21.3. The Hall–Kier alpha value is -5.14. The van der Waals surface area contributed by atoms with Crippen LogP contribution in [0.15, 0.2) is 150 Å². The summed E-state index contributed by atoms with van der Waals surface area (Å²) in [6.45, 7) is 0. The Labute approximate surface area is 226 Å². The van der Waals surface area contributed by atoms with Crippen molar-refractivity contribution in [3.63, 3.8) is 0 Å². The standard InChI is InChI=1S/C38H24O/c1-2-13-25(14-3-1)36-29-17-6-8-19-31(29)37(32-20-9-7-18-30(32)36)27-16-5-4-15-26(27)28-22-12-24-35-38(28)33-21-10-11-23-34(33)39-35/h1-24H. The molecule has 0 bridgehead atoms. The second-order valence-electron chi connectivity index (χ2n) is 10.0. The van der Waals surface area contributed by atoms with E-state index in [2.05, 4.69) is 133 Å². The molecule has 0 atom stereocenters. The van der Waals surface area contributed by atoms with Gasteiger partial charge in [-0.3, -0.25) is 0 Å². The molecule has 39 heavy (non-hydrogen) atoms. The molecule has 1 aromatic heterocycles. The summed E-state index contributed by atoms with van der Waals surface area (Å²) in [6, 6.07) is 52.0. The molecule has 1 nitrogen and oxygen atoms in total. The van der Waals surface area contributed by atoms with Gasteiger partial charge in [0.15, 0.2) is 0 Å². The average Bonchev–Trinajstić information content (AvgIpc) is 3.39. The van der Waals surface area contributed by atoms with E-state index in [9.17, 15) is 0 Å². The van der Waals surface area contributed by atoms with Gasteiger partial charge in [0.1, 0.15) is 11.2 Å². The molecule has 0 radical (unpaired) electrons. The number of hydrogen-bond acceptors (Lipinski definition) is 1. The molecule has 8 aromatic rings. The van der Waals surface area contributed by atoms with Gasteiger partial charge in [0.2, 0.25) is 0 Å². The van der Waals surface area contributed by atoms with Crippen molar-refractivity contribution in [1.82, 2.24) is 0 Å². The third-order valence-electron chi connectivity index (χ3n) is 7.88. The number of benzene rings is 7. The van der Waals surface area contributed by atoms with Crippen molar-refractivity contribution in [3.05, 3.63) is 146 Å². The van der Waals surface area contributed by atoms with Crippen LogP contribution in [0.5, 0.6) is 0 Å². The monoisotopic (exact) mass is 496 g/mol. The second-order valence-corrected chi connectivity index (χ2v) is 10.0.